The molecule has 4 aromatic rings. The summed E-state index contributed by atoms with van der Waals surface area (Å²) in [5, 5.41) is 14.3. The summed E-state index contributed by atoms with van der Waals surface area (Å²) >= 11 is 0. The van der Waals surface area contributed by atoms with Crippen LogP contribution in [0.2, 0.25) is 0 Å². The van der Waals surface area contributed by atoms with Gasteiger partial charge in [0.25, 0.3) is 5.56 Å². The number of amides is 1. The van der Waals surface area contributed by atoms with Gasteiger partial charge in [-0.1, -0.05) is 17.3 Å². The normalized spacial score (nSPS) is 10.9. The standard InChI is InChI=1S/C18H12F2N6O2/c19-11-5-7-12(8-6-11)26-17-13(9-21-26)18(28)25(24-23-17)10-16(27)22-15-4-2-1-3-14(15)20/h1-9H,10H2,(H,22,27). The molecule has 0 aliphatic rings. The Kier molecular flexibility index (Phi) is 4.36. The Morgan fingerprint density at radius 2 is 1.82 bits per heavy atom. The summed E-state index contributed by atoms with van der Waals surface area (Å²) in [6.45, 7) is -0.447. The molecular weight excluding hydrogens is 370 g/mol. The van der Waals surface area contributed by atoms with E-state index in [4.69, 9.17) is 0 Å². The van der Waals surface area contributed by atoms with Crippen LogP contribution in [0, 0.1) is 11.6 Å². The van der Waals surface area contributed by atoms with Crippen LogP contribution in [-0.2, 0) is 11.3 Å². The Labute approximate surface area is 156 Å². The van der Waals surface area contributed by atoms with Crippen LogP contribution in [0.15, 0.2) is 59.5 Å². The number of nitrogens with one attached hydrogen (secondary N) is 1. The summed E-state index contributed by atoms with van der Waals surface area (Å²) < 4.78 is 28.9. The lowest BCUT2D eigenvalue weighted by molar-refractivity contribution is -0.117. The summed E-state index contributed by atoms with van der Waals surface area (Å²) in [5.41, 5.74) is 0.0864. The maximum atomic E-state index is 13.6. The number of rotatable bonds is 4. The largest absolute Gasteiger partial charge is 0.322 e. The van der Waals surface area contributed by atoms with Gasteiger partial charge < -0.3 is 5.32 Å². The molecule has 140 valence electrons. The molecule has 1 amide bonds. The fourth-order valence-corrected chi connectivity index (χ4v) is 2.63. The number of nitrogens with zero attached hydrogens (tertiary/aromatic N) is 5. The van der Waals surface area contributed by atoms with Crippen molar-refractivity contribution in [2.75, 3.05) is 5.32 Å². The molecule has 0 unspecified atom stereocenters. The van der Waals surface area contributed by atoms with E-state index >= 15 is 0 Å². The quantitative estimate of drug-likeness (QED) is 0.582. The number of benzene rings is 2. The number of carbonyl (C=O) groups excluding carboxylic acids is 1. The molecule has 0 bridgehead atoms. The van der Waals surface area contributed by atoms with E-state index in [9.17, 15) is 18.4 Å². The molecule has 2 heterocycles. The minimum atomic E-state index is -0.633. The number of anilines is 1. The van der Waals surface area contributed by atoms with Crippen molar-refractivity contribution < 1.29 is 13.6 Å². The van der Waals surface area contributed by atoms with Crippen LogP contribution in [0.3, 0.4) is 0 Å². The molecule has 0 fully saturated rings. The van der Waals surface area contributed by atoms with E-state index in [0.29, 0.717) is 5.69 Å². The molecule has 0 saturated heterocycles. The lowest BCUT2D eigenvalue weighted by Crippen LogP contribution is -2.30. The first-order valence-corrected chi connectivity index (χ1v) is 8.15. The Hall–Kier alpha value is -3.95. The summed E-state index contributed by atoms with van der Waals surface area (Å²) in [6, 6.07) is 11.1. The van der Waals surface area contributed by atoms with Crippen LogP contribution in [-0.4, -0.2) is 30.7 Å². The summed E-state index contributed by atoms with van der Waals surface area (Å²) in [5.74, 6) is -1.63. The third-order valence-corrected chi connectivity index (χ3v) is 3.97. The van der Waals surface area contributed by atoms with Gasteiger partial charge in [0.2, 0.25) is 5.91 Å². The van der Waals surface area contributed by atoms with E-state index < -0.39 is 29.6 Å². The first kappa shape index (κ1) is 17.5. The highest BCUT2D eigenvalue weighted by Gasteiger charge is 2.15. The first-order valence-electron chi connectivity index (χ1n) is 8.15. The number of halogens is 2. The number of fused-ring (bicyclic) bond motifs is 1. The maximum Gasteiger partial charge on any atom is 0.281 e. The third kappa shape index (κ3) is 3.22. The van der Waals surface area contributed by atoms with Gasteiger partial charge in [0.15, 0.2) is 5.65 Å². The van der Waals surface area contributed by atoms with Crippen LogP contribution in [0.4, 0.5) is 14.5 Å². The van der Waals surface area contributed by atoms with Gasteiger partial charge in [0.05, 0.1) is 17.6 Å². The molecule has 0 saturated carbocycles. The molecule has 10 heteroatoms. The smallest absolute Gasteiger partial charge is 0.281 e. The van der Waals surface area contributed by atoms with Gasteiger partial charge in [0.1, 0.15) is 23.6 Å². The molecule has 28 heavy (non-hydrogen) atoms. The van der Waals surface area contributed by atoms with Crippen molar-refractivity contribution in [2.45, 2.75) is 6.54 Å². The minimum Gasteiger partial charge on any atom is -0.322 e. The molecule has 2 aromatic carbocycles. The van der Waals surface area contributed by atoms with Crippen LogP contribution < -0.4 is 10.9 Å². The van der Waals surface area contributed by atoms with Crippen molar-refractivity contribution in [1.82, 2.24) is 24.8 Å². The van der Waals surface area contributed by atoms with E-state index in [-0.39, 0.29) is 16.7 Å². The Bertz CT molecular complexity index is 1230. The fraction of sp³-hybridized carbons (Fsp3) is 0.0556. The monoisotopic (exact) mass is 382 g/mol. The van der Waals surface area contributed by atoms with Gasteiger partial charge in [-0.05, 0) is 36.4 Å². The Morgan fingerprint density at radius 3 is 2.57 bits per heavy atom. The minimum absolute atomic E-state index is 0.00119. The second-order valence-electron chi connectivity index (χ2n) is 5.85. The number of hydrogen-bond donors (Lipinski definition) is 1. The van der Waals surface area contributed by atoms with Crippen molar-refractivity contribution >= 4 is 22.6 Å². The predicted octanol–water partition coefficient (Wildman–Crippen LogP) is 1.89. The van der Waals surface area contributed by atoms with Gasteiger partial charge >= 0.3 is 0 Å². The van der Waals surface area contributed by atoms with Crippen molar-refractivity contribution in [3.05, 3.63) is 76.7 Å². The van der Waals surface area contributed by atoms with E-state index in [1.54, 1.807) is 6.07 Å². The van der Waals surface area contributed by atoms with E-state index in [1.165, 1.54) is 53.3 Å². The average molecular weight is 382 g/mol. The molecule has 0 atom stereocenters. The molecule has 1 N–H and O–H groups in total. The summed E-state index contributed by atoms with van der Waals surface area (Å²) in [4.78, 5) is 24.7. The van der Waals surface area contributed by atoms with Crippen LogP contribution >= 0.6 is 0 Å². The van der Waals surface area contributed by atoms with Crippen LogP contribution in [0.25, 0.3) is 16.7 Å². The molecule has 4 rings (SSSR count). The Balaban J connectivity index is 1.62. The second-order valence-corrected chi connectivity index (χ2v) is 5.85. The van der Waals surface area contributed by atoms with Crippen LogP contribution in [0.1, 0.15) is 0 Å². The van der Waals surface area contributed by atoms with Crippen molar-refractivity contribution in [1.29, 1.82) is 0 Å². The number of hydrogen-bond acceptors (Lipinski definition) is 5. The lowest BCUT2D eigenvalue weighted by atomic mass is 10.3. The summed E-state index contributed by atoms with van der Waals surface area (Å²) in [7, 11) is 0. The van der Waals surface area contributed by atoms with E-state index in [2.05, 4.69) is 20.7 Å². The number of para-hydroxylation sites is 1. The van der Waals surface area contributed by atoms with Gasteiger partial charge in [-0.25, -0.2) is 18.1 Å². The molecule has 8 nitrogen and oxygen atoms in total. The van der Waals surface area contributed by atoms with Gasteiger partial charge in [0, 0.05) is 0 Å². The average Bonchev–Trinajstić information content (AvgIpc) is 3.11. The first-order chi connectivity index (χ1) is 13.5. The predicted molar refractivity (Wildman–Crippen MR) is 95.9 cm³/mol. The van der Waals surface area contributed by atoms with Crippen LogP contribution in [0.5, 0.6) is 0 Å². The highest BCUT2D eigenvalue weighted by atomic mass is 19.1. The van der Waals surface area contributed by atoms with Crippen molar-refractivity contribution in [2.24, 2.45) is 0 Å². The third-order valence-electron chi connectivity index (χ3n) is 3.97. The molecule has 2 aromatic heterocycles. The molecule has 0 spiro atoms. The SMILES string of the molecule is O=C(Cn1nnc2c(cnn2-c2ccc(F)cc2)c1=O)Nc1ccccc1F. The lowest BCUT2D eigenvalue weighted by Gasteiger charge is -2.07. The zero-order chi connectivity index (χ0) is 19.7. The van der Waals surface area contributed by atoms with Gasteiger partial charge in [-0.15, -0.1) is 5.10 Å². The zero-order valence-corrected chi connectivity index (χ0v) is 14.2. The number of aromatic nitrogens is 5. The van der Waals surface area contributed by atoms with Crippen molar-refractivity contribution in [3.63, 3.8) is 0 Å². The highest BCUT2D eigenvalue weighted by molar-refractivity contribution is 5.90. The molecular formula is C18H12F2N6O2. The summed E-state index contributed by atoms with van der Waals surface area (Å²) in [6.07, 6.45) is 1.29. The van der Waals surface area contributed by atoms with E-state index in [1.807, 2.05) is 0 Å². The second kappa shape index (κ2) is 6.99. The molecule has 0 radical (unpaired) electrons. The highest BCUT2D eigenvalue weighted by Crippen LogP contribution is 2.14. The molecule has 0 aliphatic heterocycles. The molecule has 0 aliphatic carbocycles. The van der Waals surface area contributed by atoms with Gasteiger partial charge in [-0.2, -0.15) is 5.10 Å². The topological polar surface area (TPSA) is 94.7 Å². The van der Waals surface area contributed by atoms with E-state index in [0.717, 1.165) is 4.68 Å². The fourth-order valence-electron chi connectivity index (χ4n) is 2.63. The van der Waals surface area contributed by atoms with Gasteiger partial charge in [-0.3, -0.25) is 9.59 Å². The maximum absolute atomic E-state index is 13.6. The number of carbonyl (C=O) groups is 1. The Morgan fingerprint density at radius 1 is 1.07 bits per heavy atom. The van der Waals surface area contributed by atoms with Crippen molar-refractivity contribution in [3.8, 4) is 5.69 Å². The zero-order valence-electron chi connectivity index (χ0n) is 14.2.